The molecule has 0 saturated carbocycles. The summed E-state index contributed by atoms with van der Waals surface area (Å²) in [4.78, 5) is 0. The number of alkyl halides is 3. The van der Waals surface area contributed by atoms with Gasteiger partial charge < -0.3 is 5.73 Å². The first-order chi connectivity index (χ1) is 6.73. The molecule has 2 N–H and O–H groups in total. The second kappa shape index (κ2) is 4.16. The van der Waals surface area contributed by atoms with E-state index in [-0.39, 0.29) is 17.9 Å². The highest BCUT2D eigenvalue weighted by molar-refractivity contribution is 5.16. The maximum Gasteiger partial charge on any atom is 0.395 e. The second-order valence-electron chi connectivity index (χ2n) is 4.74. The number of halogens is 3. The van der Waals surface area contributed by atoms with E-state index >= 15 is 0 Å². The Morgan fingerprint density at radius 2 is 1.93 bits per heavy atom. The molecule has 0 fully saturated rings. The molecule has 0 aromatic carbocycles. The van der Waals surface area contributed by atoms with Crippen LogP contribution >= 0.6 is 0 Å². The summed E-state index contributed by atoms with van der Waals surface area (Å²) in [6, 6.07) is -0.226. The highest BCUT2D eigenvalue weighted by atomic mass is 19.4. The van der Waals surface area contributed by atoms with E-state index in [1.807, 2.05) is 13.8 Å². The largest absolute Gasteiger partial charge is 0.395 e. The minimum absolute atomic E-state index is 0.00586. The van der Waals surface area contributed by atoms with Gasteiger partial charge in [0.25, 0.3) is 0 Å². The third kappa shape index (κ3) is 2.74. The van der Waals surface area contributed by atoms with Crippen LogP contribution in [0.25, 0.3) is 0 Å². The molecular formula is C11H18F3N. The lowest BCUT2D eigenvalue weighted by atomic mass is 9.71. The van der Waals surface area contributed by atoms with Crippen LogP contribution < -0.4 is 5.73 Å². The molecule has 0 heterocycles. The Hall–Kier alpha value is -0.510. The number of nitrogens with two attached hydrogens (primary N) is 1. The van der Waals surface area contributed by atoms with Gasteiger partial charge in [0.1, 0.15) is 0 Å². The number of hydrogen-bond acceptors (Lipinski definition) is 1. The van der Waals surface area contributed by atoms with Gasteiger partial charge in [-0.25, -0.2) is 0 Å². The fourth-order valence-electron chi connectivity index (χ4n) is 2.46. The zero-order valence-corrected chi connectivity index (χ0v) is 9.31. The van der Waals surface area contributed by atoms with Crippen LogP contribution in [0, 0.1) is 17.8 Å². The Morgan fingerprint density at radius 3 is 2.33 bits per heavy atom. The van der Waals surface area contributed by atoms with E-state index in [0.29, 0.717) is 12.0 Å². The standard InChI is InChI=1S/C11H18F3N/c1-6(2)9-5-8(15)4-7(3)10(9)11(12,13)14/h4,6,8-10H,5,15H2,1-3H3. The summed E-state index contributed by atoms with van der Waals surface area (Å²) in [5.74, 6) is -1.69. The molecule has 3 atom stereocenters. The molecule has 1 aliphatic carbocycles. The number of rotatable bonds is 1. The summed E-state index contributed by atoms with van der Waals surface area (Å²) < 4.78 is 38.5. The summed E-state index contributed by atoms with van der Waals surface area (Å²) >= 11 is 0. The van der Waals surface area contributed by atoms with Crippen molar-refractivity contribution in [1.29, 1.82) is 0 Å². The lowest BCUT2D eigenvalue weighted by Crippen LogP contribution is -2.41. The lowest BCUT2D eigenvalue weighted by Gasteiger charge is -2.37. The minimum Gasteiger partial charge on any atom is -0.324 e. The van der Waals surface area contributed by atoms with Gasteiger partial charge in [-0.2, -0.15) is 13.2 Å². The smallest absolute Gasteiger partial charge is 0.324 e. The topological polar surface area (TPSA) is 26.0 Å². The van der Waals surface area contributed by atoms with Crippen LogP contribution in [0.3, 0.4) is 0 Å². The van der Waals surface area contributed by atoms with Crippen molar-refractivity contribution in [3.63, 3.8) is 0 Å². The number of allylic oxidation sites excluding steroid dienone is 1. The summed E-state index contributed by atoms with van der Waals surface area (Å²) in [6.45, 7) is 5.19. The zero-order chi connectivity index (χ0) is 11.8. The van der Waals surface area contributed by atoms with Crippen LogP contribution in [0.2, 0.25) is 0 Å². The van der Waals surface area contributed by atoms with E-state index in [1.54, 1.807) is 6.08 Å². The van der Waals surface area contributed by atoms with Crippen LogP contribution in [0.1, 0.15) is 27.2 Å². The molecule has 4 heteroatoms. The lowest BCUT2D eigenvalue weighted by molar-refractivity contribution is -0.183. The molecule has 1 aliphatic rings. The fourth-order valence-corrected chi connectivity index (χ4v) is 2.46. The summed E-state index contributed by atoms with van der Waals surface area (Å²) in [6.07, 6.45) is -2.16. The molecule has 0 bridgehead atoms. The first-order valence-electron chi connectivity index (χ1n) is 5.24. The van der Waals surface area contributed by atoms with Gasteiger partial charge in [-0.15, -0.1) is 0 Å². The predicted molar refractivity (Wildman–Crippen MR) is 54.2 cm³/mol. The van der Waals surface area contributed by atoms with Gasteiger partial charge in [0.15, 0.2) is 0 Å². The Bertz CT molecular complexity index is 255. The van der Waals surface area contributed by atoms with Crippen LogP contribution in [0.15, 0.2) is 11.6 Å². The fraction of sp³-hybridized carbons (Fsp3) is 0.818. The van der Waals surface area contributed by atoms with Gasteiger partial charge in [-0.05, 0) is 25.2 Å². The summed E-state index contributed by atoms with van der Waals surface area (Å²) in [5.41, 5.74) is 6.09. The van der Waals surface area contributed by atoms with Crippen LogP contribution in [0.5, 0.6) is 0 Å². The maximum atomic E-state index is 12.8. The van der Waals surface area contributed by atoms with E-state index in [4.69, 9.17) is 5.73 Å². The van der Waals surface area contributed by atoms with Crippen molar-refractivity contribution in [2.45, 2.75) is 39.4 Å². The first-order valence-corrected chi connectivity index (χ1v) is 5.24. The summed E-state index contributed by atoms with van der Waals surface area (Å²) in [7, 11) is 0. The van der Waals surface area contributed by atoms with Crippen molar-refractivity contribution in [3.05, 3.63) is 11.6 Å². The molecule has 0 amide bonds. The highest BCUT2D eigenvalue weighted by Crippen LogP contribution is 2.44. The molecule has 15 heavy (non-hydrogen) atoms. The zero-order valence-electron chi connectivity index (χ0n) is 9.31. The van der Waals surface area contributed by atoms with E-state index in [1.165, 1.54) is 6.92 Å². The van der Waals surface area contributed by atoms with E-state index in [9.17, 15) is 13.2 Å². The molecule has 1 rings (SSSR count). The molecule has 1 nitrogen and oxygen atoms in total. The van der Waals surface area contributed by atoms with Crippen LogP contribution in [-0.2, 0) is 0 Å². The monoisotopic (exact) mass is 221 g/mol. The van der Waals surface area contributed by atoms with Crippen molar-refractivity contribution in [1.82, 2.24) is 0 Å². The summed E-state index contributed by atoms with van der Waals surface area (Å²) in [5, 5.41) is 0. The quantitative estimate of drug-likeness (QED) is 0.676. The van der Waals surface area contributed by atoms with Gasteiger partial charge >= 0.3 is 6.18 Å². The molecule has 0 aliphatic heterocycles. The van der Waals surface area contributed by atoms with Crippen molar-refractivity contribution in [2.24, 2.45) is 23.5 Å². The molecule has 0 aromatic rings. The molecule has 0 saturated heterocycles. The van der Waals surface area contributed by atoms with E-state index < -0.39 is 12.1 Å². The Labute approximate surface area is 88.5 Å². The normalized spacial score (nSPS) is 33.1. The van der Waals surface area contributed by atoms with E-state index in [0.717, 1.165) is 0 Å². The Morgan fingerprint density at radius 1 is 1.40 bits per heavy atom. The number of hydrogen-bond donors (Lipinski definition) is 1. The van der Waals surface area contributed by atoms with Crippen molar-refractivity contribution in [3.8, 4) is 0 Å². The van der Waals surface area contributed by atoms with Crippen molar-refractivity contribution in [2.75, 3.05) is 0 Å². The van der Waals surface area contributed by atoms with Crippen LogP contribution in [0.4, 0.5) is 13.2 Å². The average Bonchev–Trinajstić information content (AvgIpc) is 1.99. The minimum atomic E-state index is -4.14. The second-order valence-corrected chi connectivity index (χ2v) is 4.74. The van der Waals surface area contributed by atoms with Crippen molar-refractivity contribution >= 4 is 0 Å². The molecular weight excluding hydrogens is 203 g/mol. The van der Waals surface area contributed by atoms with Crippen LogP contribution in [-0.4, -0.2) is 12.2 Å². The first kappa shape index (κ1) is 12.6. The van der Waals surface area contributed by atoms with Crippen molar-refractivity contribution < 1.29 is 13.2 Å². The maximum absolute atomic E-state index is 12.8. The van der Waals surface area contributed by atoms with Gasteiger partial charge in [0, 0.05) is 6.04 Å². The van der Waals surface area contributed by atoms with E-state index in [2.05, 4.69) is 0 Å². The molecule has 88 valence electrons. The van der Waals surface area contributed by atoms with Gasteiger partial charge in [0.05, 0.1) is 5.92 Å². The van der Waals surface area contributed by atoms with Gasteiger partial charge in [0.2, 0.25) is 0 Å². The average molecular weight is 221 g/mol. The van der Waals surface area contributed by atoms with Gasteiger partial charge in [-0.3, -0.25) is 0 Å². The Kier molecular flexibility index (Phi) is 3.48. The predicted octanol–water partition coefficient (Wildman–Crippen LogP) is 3.11. The highest BCUT2D eigenvalue weighted by Gasteiger charge is 2.48. The Balaban J connectivity index is 3.01. The molecule has 0 aromatic heterocycles. The third-order valence-electron chi connectivity index (χ3n) is 3.15. The van der Waals surface area contributed by atoms with Gasteiger partial charge in [-0.1, -0.05) is 25.5 Å². The third-order valence-corrected chi connectivity index (χ3v) is 3.15. The molecule has 0 spiro atoms. The SMILES string of the molecule is CC1=CC(N)CC(C(C)C)C1C(F)(F)F. The molecule has 0 radical (unpaired) electrons. The molecule has 3 unspecified atom stereocenters.